The van der Waals surface area contributed by atoms with Gasteiger partial charge in [-0.2, -0.15) is 79.0 Å². The molecule has 1 amide bonds. The lowest BCUT2D eigenvalue weighted by Gasteiger charge is -2.30. The monoisotopic (exact) mass is 1560 g/mol. The maximum atomic E-state index is 13.0. The lowest BCUT2D eigenvalue weighted by molar-refractivity contribution is -0.142. The number of nitrogens with two attached hydrogens (primary N) is 1. The van der Waals surface area contributed by atoms with Gasteiger partial charge in [0.1, 0.15) is 22.8 Å². The van der Waals surface area contributed by atoms with E-state index in [1.807, 2.05) is 0 Å². The number of carboxylic acids is 1. The molecule has 6 aromatic rings. The molecule has 99 heavy (non-hydrogen) atoms. The highest BCUT2D eigenvalue weighted by atomic mass is 79.9. The number of fused-ring (bicyclic) bond motifs is 1. The molecule has 0 fully saturated rings. The van der Waals surface area contributed by atoms with Gasteiger partial charge >= 0.3 is 43.0 Å². The summed E-state index contributed by atoms with van der Waals surface area (Å²) >= 11 is 7.63. The van der Waals surface area contributed by atoms with Crippen LogP contribution >= 0.6 is 27.5 Å². The topological polar surface area (TPSA) is 275 Å². The van der Waals surface area contributed by atoms with Crippen molar-refractivity contribution in [3.05, 3.63) is 176 Å². The number of aliphatic hydroxyl groups excluding tert-OH is 1. The van der Waals surface area contributed by atoms with E-state index < -0.39 is 123 Å². The zero-order valence-corrected chi connectivity index (χ0v) is 57.0. The van der Waals surface area contributed by atoms with Gasteiger partial charge in [0, 0.05) is 48.8 Å². The van der Waals surface area contributed by atoms with Crippen LogP contribution in [0, 0.1) is 13.8 Å². The number of amides is 1. The summed E-state index contributed by atoms with van der Waals surface area (Å²) in [4.78, 5) is 67.6. The van der Waals surface area contributed by atoms with Gasteiger partial charge in [-0.05, 0) is 159 Å². The van der Waals surface area contributed by atoms with Crippen molar-refractivity contribution in [2.24, 2.45) is 5.73 Å². The summed E-state index contributed by atoms with van der Waals surface area (Å²) in [5.74, 6) is -2.58. The molecule has 0 bridgehead atoms. The smallest absolute Gasteiger partial charge is 0.433 e. The molecule has 2 aromatic carbocycles. The van der Waals surface area contributed by atoms with E-state index in [1.165, 1.54) is 62.3 Å². The minimum atomic E-state index is -4.75. The average Bonchev–Trinajstić information content (AvgIpc) is 1.74. The Kier molecular flexibility index (Phi) is 31.7. The van der Waals surface area contributed by atoms with Crippen LogP contribution in [0.15, 0.2) is 107 Å². The van der Waals surface area contributed by atoms with E-state index in [4.69, 9.17) is 15.9 Å². The van der Waals surface area contributed by atoms with Gasteiger partial charge in [-0.1, -0.05) is 28.1 Å². The molecular formula is C60H60BrClF18N6O11S2. The van der Waals surface area contributed by atoms with E-state index in [1.54, 1.807) is 6.92 Å². The van der Waals surface area contributed by atoms with Crippen LogP contribution in [0.4, 0.5) is 79.0 Å². The lowest BCUT2D eigenvalue weighted by Crippen LogP contribution is -2.44. The number of sulfone groups is 2. The molecule has 0 atom stereocenters. The number of Topliss-reactive ketones (excluding diaryl/α,β-unsaturated/α-hetero) is 2. The van der Waals surface area contributed by atoms with Crippen LogP contribution in [0.25, 0.3) is 0 Å². The molecule has 0 unspecified atom stereocenters. The predicted molar refractivity (Wildman–Crippen MR) is 325 cm³/mol. The van der Waals surface area contributed by atoms with Gasteiger partial charge in [0.2, 0.25) is 5.24 Å². The Morgan fingerprint density at radius 2 is 0.879 bits per heavy atom. The van der Waals surface area contributed by atoms with Crippen molar-refractivity contribution in [2.45, 2.75) is 137 Å². The standard InChI is InChI=1S/C19H16F6N2O3S.C11H14F3NO2S.C9H7BrF3NO.C9H8F3NO.C8H6F3NO2.C2H3ClO.C2H6O/c1-17(2,31(29,30)12-5-3-4-11(8-12)18(20,21)22)10-27-9-14-13(16(27)28)6-7-15(26-14)19(23,24)25;1-10(2,7-15)18(16,17)9-5-3-4-8(6-9)11(12,13)14;1-5(15)6-2-3-8(9(11,12)13)14-7(6)4-10;1-5-7(6(2)14)3-4-8(13-5)9(10,11)12;1-4-5(7(13)14)2-3-6(12-4)8(9,10)11;1-2(3)4;1-2-3/h3-8H,9-10H2,1-2H3;3-6H,7,15H2,1-2H3;2-3H,4H2,1H3;3-4H,1-2H3;2-3H,1H3,(H,13,14);1H3;3H,2H2,1H3. The largest absolute Gasteiger partial charge is 0.478 e. The number of hydrogen-bond donors (Lipinski definition) is 3. The van der Waals surface area contributed by atoms with E-state index in [-0.39, 0.29) is 91.8 Å². The highest BCUT2D eigenvalue weighted by molar-refractivity contribution is 9.08. The second-order valence-electron chi connectivity index (χ2n) is 21.3. The zero-order chi connectivity index (χ0) is 77.4. The van der Waals surface area contributed by atoms with Crippen LogP contribution in [0.1, 0.15) is 154 Å². The molecule has 1 aliphatic rings. The number of aromatic carboxylic acids is 1. The van der Waals surface area contributed by atoms with Crippen LogP contribution in [0.3, 0.4) is 0 Å². The highest BCUT2D eigenvalue weighted by Crippen LogP contribution is 2.38. The summed E-state index contributed by atoms with van der Waals surface area (Å²) in [6.07, 6.45) is -27.5. The molecule has 4 aromatic heterocycles. The minimum Gasteiger partial charge on any atom is -0.478 e. The third-order valence-corrected chi connectivity index (χ3v) is 18.2. The van der Waals surface area contributed by atoms with Crippen LogP contribution in [-0.4, -0.2) is 110 Å². The molecule has 0 saturated carbocycles. The lowest BCUT2D eigenvalue weighted by atomic mass is 10.1. The number of ketones is 2. The number of nitrogens with zero attached hydrogens (tertiary/aromatic N) is 5. The van der Waals surface area contributed by atoms with Gasteiger partial charge in [0.15, 0.2) is 31.2 Å². The van der Waals surface area contributed by atoms with Crippen molar-refractivity contribution in [3.63, 3.8) is 0 Å². The van der Waals surface area contributed by atoms with Gasteiger partial charge in [-0.25, -0.2) is 41.6 Å². The average molecular weight is 1560 g/mol. The number of rotatable bonds is 11. The van der Waals surface area contributed by atoms with Crippen molar-refractivity contribution in [1.82, 2.24) is 24.8 Å². The summed E-state index contributed by atoms with van der Waals surface area (Å²) in [5.41, 5.74) is -0.960. The van der Waals surface area contributed by atoms with Gasteiger partial charge < -0.3 is 20.8 Å². The Hall–Kier alpha value is -7.68. The van der Waals surface area contributed by atoms with Gasteiger partial charge in [0.25, 0.3) is 5.91 Å². The Bertz CT molecular complexity index is 4000. The molecule has 0 saturated heterocycles. The Morgan fingerprint density at radius 3 is 1.20 bits per heavy atom. The fourth-order valence-corrected chi connectivity index (χ4v) is 10.9. The van der Waals surface area contributed by atoms with Crippen LogP contribution in [0.2, 0.25) is 0 Å². The SMILES string of the molecule is CC(=O)Cl.CC(=O)c1ccc(C(F)(F)F)nc1C.CC(=O)c1ccc(C(F)(F)F)nc1CBr.CC(C)(CN)S(=O)(=O)c1cccc(C(F)(F)F)c1.CC(C)(CN1Cc2nc(C(F)(F)F)ccc2C1=O)S(=O)(=O)c1cccc(C(F)(F)F)c1.CCO.Cc1nc(C(F)(F)F)ccc1C(=O)O. The predicted octanol–water partition coefficient (Wildman–Crippen LogP) is 15.2. The molecule has 548 valence electrons. The number of alkyl halides is 19. The van der Waals surface area contributed by atoms with E-state index in [0.29, 0.717) is 24.3 Å². The molecule has 1 aliphatic heterocycles. The molecule has 5 heterocycles. The van der Waals surface area contributed by atoms with Crippen molar-refractivity contribution >= 4 is 75.9 Å². The molecule has 17 nitrogen and oxygen atoms in total. The summed E-state index contributed by atoms with van der Waals surface area (Å²) in [6, 6.07) is 14.0. The molecule has 4 N–H and O–H groups in total. The third kappa shape index (κ3) is 26.1. The zero-order valence-electron chi connectivity index (χ0n) is 53.0. The van der Waals surface area contributed by atoms with Crippen LogP contribution in [-0.2, 0) is 73.4 Å². The van der Waals surface area contributed by atoms with Crippen molar-refractivity contribution < 1.29 is 130 Å². The van der Waals surface area contributed by atoms with E-state index in [9.17, 15) is 120 Å². The number of pyridine rings is 4. The number of carboxylic acid groups (broad SMARTS) is 1. The summed E-state index contributed by atoms with van der Waals surface area (Å²) < 4.78 is 272. The molecule has 0 spiro atoms. The van der Waals surface area contributed by atoms with Crippen molar-refractivity contribution in [2.75, 3.05) is 19.7 Å². The summed E-state index contributed by atoms with van der Waals surface area (Å²) in [5, 5.41) is 15.9. The molecule has 0 radical (unpaired) electrons. The van der Waals surface area contributed by atoms with Gasteiger partial charge in [-0.15, -0.1) is 0 Å². The van der Waals surface area contributed by atoms with Crippen molar-refractivity contribution in [1.29, 1.82) is 0 Å². The number of aryl methyl sites for hydroxylation is 2. The molecular weight excluding hydrogens is 1500 g/mol. The van der Waals surface area contributed by atoms with Crippen LogP contribution in [0.5, 0.6) is 0 Å². The third-order valence-electron chi connectivity index (χ3n) is 12.7. The fraction of sp³-hybridized carbons (Fsp3) is 0.383. The quantitative estimate of drug-likeness (QED) is 0.0470. The number of carbonyl (C=O) groups is 5. The van der Waals surface area contributed by atoms with E-state index >= 15 is 0 Å². The number of aromatic nitrogens is 4. The Morgan fingerprint density at radius 1 is 0.545 bits per heavy atom. The number of carbonyl (C=O) groups excluding carboxylic acids is 4. The van der Waals surface area contributed by atoms with Crippen molar-refractivity contribution in [3.8, 4) is 0 Å². The number of benzene rings is 2. The van der Waals surface area contributed by atoms with Gasteiger partial charge in [-0.3, -0.25) is 19.2 Å². The first-order chi connectivity index (χ1) is 44.7. The fourth-order valence-electron chi connectivity index (χ4n) is 7.61. The van der Waals surface area contributed by atoms with Gasteiger partial charge in [0.05, 0.1) is 65.2 Å². The molecule has 7 rings (SSSR count). The first-order valence-electron chi connectivity index (χ1n) is 27.4. The highest BCUT2D eigenvalue weighted by Gasteiger charge is 2.44. The second kappa shape index (κ2) is 35.1. The molecule has 39 heteroatoms. The first-order valence-corrected chi connectivity index (χ1v) is 31.8. The van der Waals surface area contributed by atoms with E-state index in [0.717, 1.165) is 77.7 Å². The normalized spacial score (nSPS) is 12.7. The summed E-state index contributed by atoms with van der Waals surface area (Å²) in [7, 11) is -8.24. The minimum absolute atomic E-state index is 0.0831. The maximum absolute atomic E-state index is 13.0. The number of aliphatic hydroxyl groups is 1. The van der Waals surface area contributed by atoms with Crippen LogP contribution < -0.4 is 5.73 Å². The van der Waals surface area contributed by atoms with E-state index in [2.05, 4.69) is 47.5 Å². The maximum Gasteiger partial charge on any atom is 0.433 e. The summed E-state index contributed by atoms with van der Waals surface area (Å²) in [6.45, 7) is 12.6. The Balaban J connectivity index is 0.000000628. The molecule has 0 aliphatic carbocycles. The number of halogens is 20. The number of hydrogen-bond acceptors (Lipinski definition) is 15. The first kappa shape index (κ1) is 89.3. The second-order valence-corrected chi connectivity index (χ2v) is 27.6. The Labute approximate surface area is 567 Å².